The third-order valence-electron chi connectivity index (χ3n) is 5.01. The first-order valence-electron chi connectivity index (χ1n) is 8.79. The van der Waals surface area contributed by atoms with Crippen molar-refractivity contribution in [3.05, 3.63) is 75.9 Å². The minimum Gasteiger partial charge on any atom is -0.482 e. The van der Waals surface area contributed by atoms with Crippen molar-refractivity contribution in [3.63, 3.8) is 0 Å². The van der Waals surface area contributed by atoms with Crippen LogP contribution in [0.3, 0.4) is 0 Å². The Morgan fingerprint density at radius 2 is 1.90 bits per heavy atom. The molecule has 0 aliphatic carbocycles. The Hall–Kier alpha value is -3.03. The average molecular weight is 409 g/mol. The van der Waals surface area contributed by atoms with Crippen molar-refractivity contribution < 1.29 is 32.2 Å². The summed E-state index contributed by atoms with van der Waals surface area (Å²) in [6.07, 6.45) is -4.56. The molecule has 0 amide bonds. The zero-order chi connectivity index (χ0) is 21.5. The molecule has 0 fully saturated rings. The van der Waals surface area contributed by atoms with Crippen LogP contribution in [0.1, 0.15) is 35.1 Å². The Labute approximate surface area is 165 Å². The van der Waals surface area contributed by atoms with Gasteiger partial charge in [-0.2, -0.15) is 13.2 Å². The molecule has 0 bridgehead atoms. The van der Waals surface area contributed by atoms with E-state index in [2.05, 4.69) is 0 Å². The van der Waals surface area contributed by atoms with E-state index < -0.39 is 29.4 Å². The third-order valence-corrected chi connectivity index (χ3v) is 5.01. The number of carboxylic acids is 1. The molecule has 1 unspecified atom stereocenters. The highest BCUT2D eigenvalue weighted by Gasteiger charge is 2.38. The maximum atomic E-state index is 13.6. The molecule has 1 aliphatic heterocycles. The summed E-state index contributed by atoms with van der Waals surface area (Å²) in [6.45, 7) is 3.19. The van der Waals surface area contributed by atoms with E-state index in [-0.39, 0.29) is 23.7 Å². The standard InChI is InChI=1S/C21H19F4NO3/c1-11-8-13(4-7-16(11)22)10-26-17-9-14(21(23,24)25)5-6-15(17)12(2)18(20(27)28)19(26)29-3/h4-9,12H,10H2,1-3H3,(H,27,28). The van der Waals surface area contributed by atoms with Gasteiger partial charge in [-0.15, -0.1) is 0 Å². The van der Waals surface area contributed by atoms with Crippen molar-refractivity contribution >= 4 is 11.7 Å². The number of fused-ring (bicyclic) bond motifs is 1. The van der Waals surface area contributed by atoms with Crippen LogP contribution in [0.15, 0.2) is 47.9 Å². The summed E-state index contributed by atoms with van der Waals surface area (Å²) in [5.41, 5.74) is 0.711. The van der Waals surface area contributed by atoms with Crippen LogP contribution in [-0.4, -0.2) is 18.2 Å². The first kappa shape index (κ1) is 20.7. The first-order valence-corrected chi connectivity index (χ1v) is 8.79. The van der Waals surface area contributed by atoms with Crippen molar-refractivity contribution in [2.45, 2.75) is 32.5 Å². The number of hydrogen-bond acceptors (Lipinski definition) is 3. The number of anilines is 1. The van der Waals surface area contributed by atoms with Crippen LogP contribution >= 0.6 is 0 Å². The summed E-state index contributed by atoms with van der Waals surface area (Å²) in [6, 6.07) is 7.54. The Morgan fingerprint density at radius 3 is 2.45 bits per heavy atom. The second kappa shape index (κ2) is 7.42. The van der Waals surface area contributed by atoms with Gasteiger partial charge in [-0.1, -0.05) is 25.1 Å². The predicted molar refractivity (Wildman–Crippen MR) is 98.8 cm³/mol. The molecule has 1 aliphatic rings. The van der Waals surface area contributed by atoms with Gasteiger partial charge in [0.1, 0.15) is 11.4 Å². The molecule has 0 radical (unpaired) electrons. The van der Waals surface area contributed by atoms with Gasteiger partial charge in [-0.3, -0.25) is 0 Å². The highest BCUT2D eigenvalue weighted by atomic mass is 19.4. The van der Waals surface area contributed by atoms with E-state index in [1.165, 1.54) is 30.2 Å². The molecule has 1 heterocycles. The quantitative estimate of drug-likeness (QED) is 0.704. The zero-order valence-electron chi connectivity index (χ0n) is 16.0. The number of rotatable bonds is 4. The average Bonchev–Trinajstić information content (AvgIpc) is 2.65. The maximum absolute atomic E-state index is 13.6. The van der Waals surface area contributed by atoms with Crippen LogP contribution in [0.2, 0.25) is 0 Å². The van der Waals surface area contributed by atoms with E-state index in [0.717, 1.165) is 12.1 Å². The number of hydrogen-bond donors (Lipinski definition) is 1. The molecule has 154 valence electrons. The van der Waals surface area contributed by atoms with Gasteiger partial charge in [0.15, 0.2) is 0 Å². The largest absolute Gasteiger partial charge is 0.482 e. The molecular weight excluding hydrogens is 390 g/mol. The Balaban J connectivity index is 2.20. The van der Waals surface area contributed by atoms with E-state index in [4.69, 9.17) is 4.74 Å². The van der Waals surface area contributed by atoms with Crippen molar-refractivity contribution in [3.8, 4) is 0 Å². The van der Waals surface area contributed by atoms with Crippen LogP contribution in [0.25, 0.3) is 0 Å². The fraction of sp³-hybridized carbons (Fsp3) is 0.286. The number of aliphatic carboxylic acids is 1. The second-order valence-electron chi connectivity index (χ2n) is 6.89. The Morgan fingerprint density at radius 1 is 1.21 bits per heavy atom. The molecule has 29 heavy (non-hydrogen) atoms. The summed E-state index contributed by atoms with van der Waals surface area (Å²) >= 11 is 0. The van der Waals surface area contributed by atoms with Crippen LogP contribution in [0.4, 0.5) is 23.2 Å². The minimum atomic E-state index is -4.56. The molecule has 1 atom stereocenters. The number of nitrogens with zero attached hydrogens (tertiary/aromatic N) is 1. The molecule has 0 saturated carbocycles. The van der Waals surface area contributed by atoms with E-state index in [0.29, 0.717) is 16.7 Å². The Bertz CT molecular complexity index is 998. The fourth-order valence-corrected chi connectivity index (χ4v) is 3.56. The van der Waals surface area contributed by atoms with Gasteiger partial charge in [0.2, 0.25) is 5.88 Å². The topological polar surface area (TPSA) is 49.8 Å². The molecule has 2 aromatic rings. The van der Waals surface area contributed by atoms with Gasteiger partial charge in [0, 0.05) is 11.6 Å². The molecule has 8 heteroatoms. The second-order valence-corrected chi connectivity index (χ2v) is 6.89. The molecule has 0 saturated heterocycles. The number of halogens is 4. The normalized spacial score (nSPS) is 16.7. The number of benzene rings is 2. The van der Waals surface area contributed by atoms with Crippen LogP contribution in [0.5, 0.6) is 0 Å². The zero-order valence-corrected chi connectivity index (χ0v) is 16.0. The molecule has 3 rings (SSSR count). The van der Waals surface area contributed by atoms with Gasteiger partial charge in [-0.05, 0) is 41.8 Å². The van der Waals surface area contributed by atoms with Gasteiger partial charge in [-0.25, -0.2) is 9.18 Å². The number of carbonyl (C=O) groups is 1. The SMILES string of the molecule is COC1=C(C(=O)O)C(C)c2ccc(C(F)(F)F)cc2N1Cc1ccc(F)c(C)c1. The monoisotopic (exact) mass is 409 g/mol. The smallest absolute Gasteiger partial charge is 0.416 e. The van der Waals surface area contributed by atoms with E-state index in [9.17, 15) is 27.5 Å². The number of aryl methyl sites for hydroxylation is 1. The molecule has 2 aromatic carbocycles. The predicted octanol–water partition coefficient (Wildman–Crippen LogP) is 5.22. The highest BCUT2D eigenvalue weighted by Crippen LogP contribution is 2.44. The van der Waals surface area contributed by atoms with Gasteiger partial charge in [0.25, 0.3) is 0 Å². The summed E-state index contributed by atoms with van der Waals surface area (Å²) in [4.78, 5) is 13.3. The Kier molecular flexibility index (Phi) is 5.30. The molecular formula is C21H19F4NO3. The van der Waals surface area contributed by atoms with Gasteiger partial charge < -0.3 is 14.7 Å². The molecule has 0 aromatic heterocycles. The lowest BCUT2D eigenvalue weighted by Gasteiger charge is -2.36. The number of alkyl halides is 3. The van der Waals surface area contributed by atoms with Crippen molar-refractivity contribution in [2.24, 2.45) is 0 Å². The van der Waals surface area contributed by atoms with E-state index in [1.807, 2.05) is 0 Å². The van der Waals surface area contributed by atoms with E-state index in [1.54, 1.807) is 19.9 Å². The van der Waals surface area contributed by atoms with Crippen LogP contribution in [-0.2, 0) is 22.3 Å². The molecule has 4 nitrogen and oxygen atoms in total. The summed E-state index contributed by atoms with van der Waals surface area (Å²) in [5, 5.41) is 9.69. The summed E-state index contributed by atoms with van der Waals surface area (Å²) in [7, 11) is 1.27. The number of ether oxygens (including phenoxy) is 1. The lowest BCUT2D eigenvalue weighted by molar-refractivity contribution is -0.137. The highest BCUT2D eigenvalue weighted by molar-refractivity contribution is 5.92. The number of carboxylic acid groups (broad SMARTS) is 1. The molecule has 1 N–H and O–H groups in total. The van der Waals surface area contributed by atoms with Crippen molar-refractivity contribution in [1.82, 2.24) is 0 Å². The maximum Gasteiger partial charge on any atom is 0.416 e. The summed E-state index contributed by atoms with van der Waals surface area (Å²) in [5.74, 6) is -2.35. The summed E-state index contributed by atoms with van der Waals surface area (Å²) < 4.78 is 58.8. The number of methoxy groups -OCH3 is 1. The first-order chi connectivity index (χ1) is 13.5. The minimum absolute atomic E-state index is 0.0160. The lowest BCUT2D eigenvalue weighted by atomic mass is 9.87. The van der Waals surface area contributed by atoms with Crippen LogP contribution < -0.4 is 4.90 Å². The van der Waals surface area contributed by atoms with Crippen LogP contribution in [0, 0.1) is 12.7 Å². The van der Waals surface area contributed by atoms with E-state index >= 15 is 0 Å². The van der Waals surface area contributed by atoms with Crippen molar-refractivity contribution in [1.29, 1.82) is 0 Å². The van der Waals surface area contributed by atoms with Gasteiger partial charge >= 0.3 is 12.1 Å². The van der Waals surface area contributed by atoms with Crippen molar-refractivity contribution in [2.75, 3.05) is 12.0 Å². The molecule has 0 spiro atoms. The fourth-order valence-electron chi connectivity index (χ4n) is 3.56. The van der Waals surface area contributed by atoms with Gasteiger partial charge in [0.05, 0.1) is 19.2 Å². The third kappa shape index (κ3) is 3.79. The lowest BCUT2D eigenvalue weighted by Crippen LogP contribution is -2.33.